The van der Waals surface area contributed by atoms with E-state index in [4.69, 9.17) is 0 Å². The summed E-state index contributed by atoms with van der Waals surface area (Å²) in [5.74, 6) is 0. The van der Waals surface area contributed by atoms with E-state index in [1.165, 1.54) is 64.4 Å². The number of aromatic nitrogens is 1. The van der Waals surface area contributed by atoms with Gasteiger partial charge in [0.1, 0.15) is 0 Å². The molecule has 7 aromatic rings. The molecule has 0 saturated carbocycles. The number of nitrogens with zero attached hydrogens (tertiary/aromatic N) is 1. The first-order chi connectivity index (χ1) is 16.3. The highest BCUT2D eigenvalue weighted by Crippen LogP contribution is 2.41. The SMILES string of the molecule is Cc1cccc2c1sc1cc(-c3cccc4c5ccccc5n(-c5ccccc5)c34)ccc12. The van der Waals surface area contributed by atoms with Gasteiger partial charge in [0, 0.05) is 42.2 Å². The van der Waals surface area contributed by atoms with Gasteiger partial charge in [-0.1, -0.05) is 84.9 Å². The molecule has 2 aromatic heterocycles. The second-order valence-electron chi connectivity index (χ2n) is 8.65. The van der Waals surface area contributed by atoms with Crippen molar-refractivity contribution in [1.29, 1.82) is 0 Å². The van der Waals surface area contributed by atoms with Crippen LogP contribution in [-0.4, -0.2) is 4.57 Å². The van der Waals surface area contributed by atoms with Gasteiger partial charge in [0.25, 0.3) is 0 Å². The third-order valence-corrected chi connectivity index (χ3v) is 8.02. The molecule has 5 aromatic carbocycles. The Morgan fingerprint density at radius 1 is 0.606 bits per heavy atom. The number of hydrogen-bond acceptors (Lipinski definition) is 1. The number of hydrogen-bond donors (Lipinski definition) is 0. The average molecular weight is 440 g/mol. The number of thiophene rings is 1. The van der Waals surface area contributed by atoms with E-state index in [0.29, 0.717) is 0 Å². The molecule has 0 spiro atoms. The normalized spacial score (nSPS) is 11.8. The van der Waals surface area contributed by atoms with Gasteiger partial charge in [-0.2, -0.15) is 0 Å². The summed E-state index contributed by atoms with van der Waals surface area (Å²) in [4.78, 5) is 0. The van der Waals surface area contributed by atoms with Gasteiger partial charge < -0.3 is 4.57 Å². The molecule has 0 aliphatic rings. The van der Waals surface area contributed by atoms with Crippen molar-refractivity contribution in [3.05, 3.63) is 115 Å². The quantitative estimate of drug-likeness (QED) is 0.253. The van der Waals surface area contributed by atoms with E-state index < -0.39 is 0 Å². The van der Waals surface area contributed by atoms with E-state index in [-0.39, 0.29) is 0 Å². The fourth-order valence-electron chi connectivity index (χ4n) is 5.20. The first kappa shape index (κ1) is 18.7. The molecule has 156 valence electrons. The largest absolute Gasteiger partial charge is 0.309 e. The van der Waals surface area contributed by atoms with Crippen LogP contribution >= 0.6 is 11.3 Å². The number of benzene rings is 5. The molecular formula is C31H21NS. The zero-order chi connectivity index (χ0) is 21.9. The fourth-order valence-corrected chi connectivity index (χ4v) is 6.41. The molecule has 33 heavy (non-hydrogen) atoms. The number of aryl methyl sites for hydroxylation is 1. The lowest BCUT2D eigenvalue weighted by Gasteiger charge is -2.11. The van der Waals surface area contributed by atoms with Crippen molar-refractivity contribution >= 4 is 53.3 Å². The molecule has 2 heterocycles. The van der Waals surface area contributed by atoms with Gasteiger partial charge >= 0.3 is 0 Å². The van der Waals surface area contributed by atoms with E-state index in [1.807, 2.05) is 11.3 Å². The fraction of sp³-hybridized carbons (Fsp3) is 0.0323. The predicted octanol–water partition coefficient (Wildman–Crippen LogP) is 9.13. The van der Waals surface area contributed by atoms with Crippen molar-refractivity contribution in [3.63, 3.8) is 0 Å². The molecule has 0 bridgehead atoms. The van der Waals surface area contributed by atoms with Crippen molar-refractivity contribution in [1.82, 2.24) is 4.57 Å². The first-order valence-corrected chi connectivity index (χ1v) is 12.1. The highest BCUT2D eigenvalue weighted by atomic mass is 32.1. The minimum absolute atomic E-state index is 1.19. The van der Waals surface area contributed by atoms with Crippen molar-refractivity contribution in [2.24, 2.45) is 0 Å². The predicted molar refractivity (Wildman–Crippen MR) is 144 cm³/mol. The Labute approximate surface area is 196 Å². The lowest BCUT2D eigenvalue weighted by molar-refractivity contribution is 1.18. The van der Waals surface area contributed by atoms with Gasteiger partial charge in [0.15, 0.2) is 0 Å². The van der Waals surface area contributed by atoms with Crippen LogP contribution in [0.25, 0.3) is 58.8 Å². The van der Waals surface area contributed by atoms with Crippen LogP contribution in [0.3, 0.4) is 0 Å². The molecule has 0 radical (unpaired) electrons. The average Bonchev–Trinajstić information content (AvgIpc) is 3.41. The molecular weight excluding hydrogens is 418 g/mol. The van der Waals surface area contributed by atoms with Crippen LogP contribution in [0.2, 0.25) is 0 Å². The van der Waals surface area contributed by atoms with Crippen LogP contribution in [0.4, 0.5) is 0 Å². The van der Waals surface area contributed by atoms with Crippen LogP contribution in [0.1, 0.15) is 5.56 Å². The van der Waals surface area contributed by atoms with E-state index in [9.17, 15) is 0 Å². The van der Waals surface area contributed by atoms with E-state index in [1.54, 1.807) is 0 Å². The highest BCUT2D eigenvalue weighted by molar-refractivity contribution is 7.26. The van der Waals surface area contributed by atoms with Gasteiger partial charge in [-0.25, -0.2) is 0 Å². The maximum absolute atomic E-state index is 2.42. The molecule has 1 nitrogen and oxygen atoms in total. The summed E-state index contributed by atoms with van der Waals surface area (Å²) in [7, 11) is 0. The standard InChI is InChI=1S/C31H21NS/c1-20-9-7-15-27-25-18-17-21(19-29(25)33-31(20)27)23-13-8-14-26-24-12-5-6-16-28(24)32(30(23)26)22-10-3-2-4-11-22/h2-19H,1H3. The minimum atomic E-state index is 1.19. The summed E-state index contributed by atoms with van der Waals surface area (Å²) in [6, 6.07) is 39.7. The first-order valence-electron chi connectivity index (χ1n) is 11.3. The van der Waals surface area contributed by atoms with Crippen molar-refractivity contribution in [3.8, 4) is 16.8 Å². The summed E-state index contributed by atoms with van der Waals surface area (Å²) in [6.45, 7) is 2.21. The van der Waals surface area contributed by atoms with E-state index in [2.05, 4.69) is 121 Å². The van der Waals surface area contributed by atoms with Gasteiger partial charge in [0.05, 0.1) is 11.0 Å². The Kier molecular flexibility index (Phi) is 3.99. The Morgan fingerprint density at radius 3 is 2.27 bits per heavy atom. The Balaban J connectivity index is 1.58. The monoisotopic (exact) mass is 439 g/mol. The summed E-state index contributed by atoms with van der Waals surface area (Å²) >= 11 is 1.90. The third kappa shape index (κ3) is 2.71. The summed E-state index contributed by atoms with van der Waals surface area (Å²) in [5.41, 5.74) is 7.57. The number of fused-ring (bicyclic) bond motifs is 6. The van der Waals surface area contributed by atoms with Gasteiger partial charge in [0.2, 0.25) is 0 Å². The van der Waals surface area contributed by atoms with Crippen LogP contribution in [0, 0.1) is 6.92 Å². The van der Waals surface area contributed by atoms with Crippen molar-refractivity contribution in [2.45, 2.75) is 6.92 Å². The lowest BCUT2D eigenvalue weighted by Crippen LogP contribution is -1.95. The molecule has 7 rings (SSSR count). The molecule has 0 fully saturated rings. The number of para-hydroxylation sites is 3. The molecule has 0 unspecified atom stereocenters. The van der Waals surface area contributed by atoms with Gasteiger partial charge in [-0.3, -0.25) is 0 Å². The van der Waals surface area contributed by atoms with Crippen LogP contribution in [0.15, 0.2) is 109 Å². The molecule has 0 N–H and O–H groups in total. The summed E-state index contributed by atoms with van der Waals surface area (Å²) < 4.78 is 5.15. The number of rotatable bonds is 2. The van der Waals surface area contributed by atoms with Crippen LogP contribution in [0.5, 0.6) is 0 Å². The Morgan fingerprint density at radius 2 is 1.36 bits per heavy atom. The maximum Gasteiger partial charge on any atom is 0.0619 e. The lowest BCUT2D eigenvalue weighted by atomic mass is 10.0. The topological polar surface area (TPSA) is 4.93 Å². The molecule has 2 heteroatoms. The van der Waals surface area contributed by atoms with Crippen LogP contribution in [-0.2, 0) is 0 Å². The molecule has 0 amide bonds. The second-order valence-corrected chi connectivity index (χ2v) is 9.71. The highest BCUT2D eigenvalue weighted by Gasteiger charge is 2.17. The van der Waals surface area contributed by atoms with Crippen molar-refractivity contribution in [2.75, 3.05) is 0 Å². The Bertz CT molecular complexity index is 1820. The van der Waals surface area contributed by atoms with Crippen molar-refractivity contribution < 1.29 is 0 Å². The molecule has 0 aliphatic heterocycles. The Hall–Kier alpha value is -3.88. The zero-order valence-corrected chi connectivity index (χ0v) is 19.1. The van der Waals surface area contributed by atoms with Crippen LogP contribution < -0.4 is 0 Å². The summed E-state index contributed by atoms with van der Waals surface area (Å²) in [5, 5.41) is 5.28. The van der Waals surface area contributed by atoms with Gasteiger partial charge in [-0.15, -0.1) is 11.3 Å². The second kappa shape index (κ2) is 7.06. The summed E-state index contributed by atoms with van der Waals surface area (Å²) in [6.07, 6.45) is 0. The zero-order valence-electron chi connectivity index (χ0n) is 18.2. The van der Waals surface area contributed by atoms with Gasteiger partial charge in [-0.05, 0) is 42.3 Å². The van der Waals surface area contributed by atoms with E-state index in [0.717, 1.165) is 0 Å². The maximum atomic E-state index is 2.42. The molecule has 0 aliphatic carbocycles. The smallest absolute Gasteiger partial charge is 0.0619 e. The molecule has 0 saturated heterocycles. The third-order valence-electron chi connectivity index (χ3n) is 6.72. The minimum Gasteiger partial charge on any atom is -0.309 e. The van der Waals surface area contributed by atoms with E-state index >= 15 is 0 Å². The molecule has 0 atom stereocenters.